The van der Waals surface area contributed by atoms with Crippen molar-refractivity contribution in [3.05, 3.63) is 34.3 Å². The first-order valence-electron chi connectivity index (χ1n) is 6.91. The van der Waals surface area contributed by atoms with Gasteiger partial charge < -0.3 is 5.11 Å². The zero-order chi connectivity index (χ0) is 13.9. The predicted molar refractivity (Wildman–Crippen MR) is 79.5 cm³/mol. The van der Waals surface area contributed by atoms with Crippen LogP contribution in [-0.4, -0.2) is 5.11 Å². The summed E-state index contributed by atoms with van der Waals surface area (Å²) in [7, 11) is 0. The molecule has 1 aliphatic carbocycles. The van der Waals surface area contributed by atoms with Gasteiger partial charge in [0.05, 0.1) is 11.5 Å². The molecule has 0 aromatic heterocycles. The first kappa shape index (κ1) is 14.6. The van der Waals surface area contributed by atoms with Gasteiger partial charge in [-0.2, -0.15) is 5.26 Å². The predicted octanol–water partition coefficient (Wildman–Crippen LogP) is 4.52. The lowest BCUT2D eigenvalue weighted by Gasteiger charge is -2.40. The Kier molecular flexibility index (Phi) is 4.32. The summed E-state index contributed by atoms with van der Waals surface area (Å²) in [6, 6.07) is 10.1. The summed E-state index contributed by atoms with van der Waals surface area (Å²) in [5, 5.41) is 20.7. The third-order valence-corrected chi connectivity index (χ3v) is 5.04. The van der Waals surface area contributed by atoms with Crippen LogP contribution in [0.3, 0.4) is 0 Å². The third kappa shape index (κ3) is 2.70. The van der Waals surface area contributed by atoms with Crippen LogP contribution >= 0.6 is 15.9 Å². The molecule has 0 spiro atoms. The highest BCUT2D eigenvalue weighted by molar-refractivity contribution is 9.10. The van der Waals surface area contributed by atoms with Gasteiger partial charge in [0, 0.05) is 4.47 Å². The zero-order valence-electron chi connectivity index (χ0n) is 11.3. The maximum absolute atomic E-state index is 11.0. The van der Waals surface area contributed by atoms with Gasteiger partial charge in [0.25, 0.3) is 0 Å². The van der Waals surface area contributed by atoms with Crippen molar-refractivity contribution in [2.45, 2.75) is 51.0 Å². The largest absolute Gasteiger partial charge is 0.384 e. The van der Waals surface area contributed by atoms with E-state index in [1.54, 1.807) is 6.92 Å². The van der Waals surface area contributed by atoms with Crippen molar-refractivity contribution in [3.8, 4) is 6.07 Å². The number of hydrogen-bond donors (Lipinski definition) is 1. The van der Waals surface area contributed by atoms with E-state index in [2.05, 4.69) is 22.0 Å². The minimum absolute atomic E-state index is 0.655. The highest BCUT2D eigenvalue weighted by Gasteiger charge is 2.48. The highest BCUT2D eigenvalue weighted by atomic mass is 79.9. The fourth-order valence-electron chi connectivity index (χ4n) is 3.09. The maximum atomic E-state index is 11.0. The van der Waals surface area contributed by atoms with E-state index in [9.17, 15) is 10.4 Å². The van der Waals surface area contributed by atoms with Gasteiger partial charge in [0.1, 0.15) is 5.60 Å². The lowest BCUT2D eigenvalue weighted by Crippen LogP contribution is -2.42. The molecule has 2 rings (SSSR count). The summed E-state index contributed by atoms with van der Waals surface area (Å²) >= 11 is 3.40. The Hall–Kier alpha value is -0.850. The summed E-state index contributed by atoms with van der Waals surface area (Å²) in [6.07, 6.45) is 5.96. The topological polar surface area (TPSA) is 44.0 Å². The van der Waals surface area contributed by atoms with Crippen molar-refractivity contribution in [2.75, 3.05) is 0 Å². The van der Waals surface area contributed by atoms with Crippen molar-refractivity contribution < 1.29 is 5.11 Å². The quantitative estimate of drug-likeness (QED) is 0.814. The summed E-state index contributed by atoms with van der Waals surface area (Å²) in [6.45, 7) is 1.80. The van der Waals surface area contributed by atoms with Gasteiger partial charge in [0.2, 0.25) is 0 Å². The molecule has 2 nitrogen and oxygen atoms in total. The molecule has 0 amide bonds. The molecule has 0 aliphatic heterocycles. The van der Waals surface area contributed by atoms with Crippen molar-refractivity contribution >= 4 is 15.9 Å². The van der Waals surface area contributed by atoms with Gasteiger partial charge in [-0.05, 0) is 37.5 Å². The molecule has 0 saturated heterocycles. The van der Waals surface area contributed by atoms with Crippen molar-refractivity contribution in [1.82, 2.24) is 0 Å². The van der Waals surface area contributed by atoms with E-state index in [0.717, 1.165) is 35.7 Å². The van der Waals surface area contributed by atoms with Crippen LogP contribution in [0.2, 0.25) is 0 Å². The Morgan fingerprint density at radius 2 is 1.68 bits per heavy atom. The fraction of sp³-hybridized carbons (Fsp3) is 0.562. The average Bonchev–Trinajstić information content (AvgIpc) is 2.65. The Bertz CT molecular complexity index is 465. The van der Waals surface area contributed by atoms with E-state index in [1.165, 1.54) is 12.8 Å². The first-order valence-corrected chi connectivity index (χ1v) is 7.71. The Morgan fingerprint density at radius 1 is 1.16 bits per heavy atom. The van der Waals surface area contributed by atoms with Crippen LogP contribution in [0.25, 0.3) is 0 Å². The van der Waals surface area contributed by atoms with Gasteiger partial charge >= 0.3 is 0 Å². The number of aliphatic hydroxyl groups is 1. The molecule has 3 heteroatoms. The van der Waals surface area contributed by atoms with Gasteiger partial charge in [0.15, 0.2) is 0 Å². The number of nitriles is 1. The number of halogens is 1. The van der Waals surface area contributed by atoms with Crippen molar-refractivity contribution in [1.29, 1.82) is 5.26 Å². The molecule has 0 bridgehead atoms. The molecule has 1 N–H and O–H groups in total. The van der Waals surface area contributed by atoms with Gasteiger partial charge in [-0.1, -0.05) is 53.7 Å². The maximum Gasteiger partial charge on any atom is 0.105 e. The van der Waals surface area contributed by atoms with Crippen LogP contribution in [0, 0.1) is 16.7 Å². The van der Waals surface area contributed by atoms with Crippen LogP contribution in [0.15, 0.2) is 28.7 Å². The second-order valence-electron chi connectivity index (χ2n) is 5.69. The van der Waals surface area contributed by atoms with Gasteiger partial charge in [-0.3, -0.25) is 0 Å². The van der Waals surface area contributed by atoms with Gasteiger partial charge in [-0.15, -0.1) is 0 Å². The molecule has 19 heavy (non-hydrogen) atoms. The minimum Gasteiger partial charge on any atom is -0.384 e. The fourth-order valence-corrected chi connectivity index (χ4v) is 3.35. The smallest absolute Gasteiger partial charge is 0.105 e. The minimum atomic E-state index is -1.09. The van der Waals surface area contributed by atoms with Crippen LogP contribution in [0.4, 0.5) is 0 Å². The lowest BCUT2D eigenvalue weighted by molar-refractivity contribution is -0.0533. The molecular weight excluding hydrogens is 302 g/mol. The van der Waals surface area contributed by atoms with E-state index in [1.807, 2.05) is 24.3 Å². The normalized spacial score (nSPS) is 22.0. The number of benzene rings is 1. The number of rotatable bonds is 2. The molecule has 1 aliphatic rings. The second-order valence-corrected chi connectivity index (χ2v) is 6.60. The molecule has 1 unspecified atom stereocenters. The van der Waals surface area contributed by atoms with E-state index in [4.69, 9.17) is 0 Å². The lowest BCUT2D eigenvalue weighted by atomic mass is 9.66. The van der Waals surface area contributed by atoms with Crippen LogP contribution < -0.4 is 0 Å². The number of nitrogens with zero attached hydrogens (tertiary/aromatic N) is 1. The zero-order valence-corrected chi connectivity index (χ0v) is 12.9. The molecule has 0 radical (unpaired) electrons. The third-order valence-electron chi connectivity index (χ3n) is 4.51. The average molecular weight is 322 g/mol. The Morgan fingerprint density at radius 3 is 2.16 bits per heavy atom. The summed E-state index contributed by atoms with van der Waals surface area (Å²) in [5.41, 5.74) is -0.913. The standard InChI is InChI=1S/C16H20BrNO/c1-15(19,13-6-8-14(17)9-7-13)16(12-18)10-4-2-3-5-11-16/h6-9,19H,2-5,10-11H2,1H3. The summed E-state index contributed by atoms with van der Waals surface area (Å²) in [5.74, 6) is 0. The van der Waals surface area contributed by atoms with Crippen molar-refractivity contribution in [2.24, 2.45) is 5.41 Å². The van der Waals surface area contributed by atoms with E-state index >= 15 is 0 Å². The molecule has 1 aromatic carbocycles. The molecule has 102 valence electrons. The van der Waals surface area contributed by atoms with E-state index in [0.29, 0.717) is 0 Å². The van der Waals surface area contributed by atoms with E-state index < -0.39 is 11.0 Å². The molecule has 1 fully saturated rings. The Balaban J connectivity index is 2.39. The molecule has 1 saturated carbocycles. The molecule has 0 heterocycles. The highest BCUT2D eigenvalue weighted by Crippen LogP contribution is 2.48. The van der Waals surface area contributed by atoms with Crippen LogP contribution in [0.1, 0.15) is 51.0 Å². The van der Waals surface area contributed by atoms with E-state index in [-0.39, 0.29) is 0 Å². The SMILES string of the molecule is CC(O)(c1ccc(Br)cc1)C1(C#N)CCCCCC1. The number of hydrogen-bond acceptors (Lipinski definition) is 2. The van der Waals surface area contributed by atoms with Crippen LogP contribution in [-0.2, 0) is 5.60 Å². The Labute approximate surface area is 123 Å². The second kappa shape index (κ2) is 5.64. The van der Waals surface area contributed by atoms with Gasteiger partial charge in [-0.25, -0.2) is 0 Å². The first-order chi connectivity index (χ1) is 9.02. The van der Waals surface area contributed by atoms with Crippen molar-refractivity contribution in [3.63, 3.8) is 0 Å². The molecule has 1 atom stereocenters. The summed E-state index contributed by atoms with van der Waals surface area (Å²) in [4.78, 5) is 0. The summed E-state index contributed by atoms with van der Waals surface area (Å²) < 4.78 is 0.985. The molecule has 1 aromatic rings. The van der Waals surface area contributed by atoms with Crippen LogP contribution in [0.5, 0.6) is 0 Å². The molecular formula is C16H20BrNO. The monoisotopic (exact) mass is 321 g/mol.